The second kappa shape index (κ2) is 5.63. The van der Waals surface area contributed by atoms with Crippen molar-refractivity contribution < 1.29 is 9.18 Å². The molecule has 21 heavy (non-hydrogen) atoms. The van der Waals surface area contributed by atoms with Crippen LogP contribution < -0.4 is 0 Å². The summed E-state index contributed by atoms with van der Waals surface area (Å²) < 4.78 is 12.9. The predicted octanol–water partition coefficient (Wildman–Crippen LogP) is 2.51. The summed E-state index contributed by atoms with van der Waals surface area (Å²) >= 11 is 0. The third-order valence-corrected chi connectivity index (χ3v) is 3.07. The van der Waals surface area contributed by atoms with Gasteiger partial charge in [-0.3, -0.25) is 9.89 Å². The van der Waals surface area contributed by atoms with Crippen LogP contribution in [-0.2, 0) is 12.0 Å². The van der Waals surface area contributed by atoms with Crippen molar-refractivity contribution >= 4 is 5.91 Å². The minimum Gasteiger partial charge on any atom is -0.335 e. The van der Waals surface area contributed by atoms with E-state index in [1.165, 1.54) is 17.0 Å². The maximum Gasteiger partial charge on any atom is 0.293 e. The Balaban J connectivity index is 2.08. The van der Waals surface area contributed by atoms with Crippen LogP contribution in [0.3, 0.4) is 0 Å². The average molecular weight is 290 g/mol. The van der Waals surface area contributed by atoms with Crippen LogP contribution in [0.25, 0.3) is 0 Å². The van der Waals surface area contributed by atoms with Crippen molar-refractivity contribution in [2.24, 2.45) is 0 Å². The molecule has 0 spiro atoms. The fourth-order valence-corrected chi connectivity index (χ4v) is 1.80. The number of nitrogens with one attached hydrogen (secondary N) is 1. The van der Waals surface area contributed by atoms with Crippen LogP contribution in [0.15, 0.2) is 24.3 Å². The van der Waals surface area contributed by atoms with Crippen LogP contribution in [0.4, 0.5) is 4.39 Å². The van der Waals surface area contributed by atoms with Gasteiger partial charge in [-0.1, -0.05) is 32.9 Å². The molecule has 0 radical (unpaired) electrons. The number of aromatic amines is 1. The van der Waals surface area contributed by atoms with Crippen molar-refractivity contribution in [3.8, 4) is 0 Å². The fourth-order valence-electron chi connectivity index (χ4n) is 1.80. The SMILES string of the molecule is CN(Cc1ccc(F)cc1)C(=O)c1n[nH]c(C(C)(C)C)n1. The number of hydrogen-bond acceptors (Lipinski definition) is 3. The normalized spacial score (nSPS) is 11.5. The Morgan fingerprint density at radius 2 is 1.90 bits per heavy atom. The monoisotopic (exact) mass is 290 g/mol. The number of nitrogens with zero attached hydrogens (tertiary/aromatic N) is 3. The van der Waals surface area contributed by atoms with E-state index in [1.54, 1.807) is 19.2 Å². The zero-order chi connectivity index (χ0) is 15.6. The van der Waals surface area contributed by atoms with Crippen molar-refractivity contribution in [2.45, 2.75) is 32.7 Å². The van der Waals surface area contributed by atoms with Gasteiger partial charge in [-0.2, -0.15) is 0 Å². The van der Waals surface area contributed by atoms with E-state index in [-0.39, 0.29) is 23.0 Å². The number of rotatable bonds is 3. The first-order chi connectivity index (χ1) is 9.77. The Morgan fingerprint density at radius 3 is 2.43 bits per heavy atom. The number of amides is 1. The Hall–Kier alpha value is -2.24. The maximum absolute atomic E-state index is 12.9. The van der Waals surface area contributed by atoms with Crippen LogP contribution >= 0.6 is 0 Å². The molecule has 1 N–H and O–H groups in total. The number of benzene rings is 1. The molecule has 0 saturated heterocycles. The molecule has 6 heteroatoms. The minimum atomic E-state index is -0.295. The van der Waals surface area contributed by atoms with Crippen LogP contribution in [-0.4, -0.2) is 33.0 Å². The topological polar surface area (TPSA) is 61.9 Å². The summed E-state index contributed by atoms with van der Waals surface area (Å²) in [6, 6.07) is 6.05. The lowest BCUT2D eigenvalue weighted by Gasteiger charge is -2.15. The first-order valence-electron chi connectivity index (χ1n) is 6.70. The van der Waals surface area contributed by atoms with Crippen LogP contribution in [0.2, 0.25) is 0 Å². The smallest absolute Gasteiger partial charge is 0.293 e. The molecule has 0 aliphatic rings. The van der Waals surface area contributed by atoms with Crippen molar-refractivity contribution in [3.05, 3.63) is 47.3 Å². The molecule has 0 bridgehead atoms. The van der Waals surface area contributed by atoms with Crippen molar-refractivity contribution in [2.75, 3.05) is 7.05 Å². The predicted molar refractivity (Wildman–Crippen MR) is 77.3 cm³/mol. The summed E-state index contributed by atoms with van der Waals surface area (Å²) in [4.78, 5) is 18.0. The third-order valence-electron chi connectivity index (χ3n) is 3.07. The summed E-state index contributed by atoms with van der Waals surface area (Å²) in [6.45, 7) is 6.34. The lowest BCUT2D eigenvalue weighted by molar-refractivity contribution is 0.0773. The summed E-state index contributed by atoms with van der Waals surface area (Å²) in [6.07, 6.45) is 0. The Kier molecular flexibility index (Phi) is 4.06. The number of hydrogen-bond donors (Lipinski definition) is 1. The first kappa shape index (κ1) is 15.2. The molecule has 5 nitrogen and oxygen atoms in total. The van der Waals surface area contributed by atoms with Gasteiger partial charge in [-0.25, -0.2) is 9.37 Å². The maximum atomic E-state index is 12.9. The van der Waals surface area contributed by atoms with Gasteiger partial charge in [0, 0.05) is 19.0 Å². The van der Waals surface area contributed by atoms with Gasteiger partial charge >= 0.3 is 0 Å². The molecule has 0 aliphatic carbocycles. The van der Waals surface area contributed by atoms with Gasteiger partial charge in [0.2, 0.25) is 5.82 Å². The number of halogens is 1. The molecule has 0 saturated carbocycles. The van der Waals surface area contributed by atoms with Gasteiger partial charge in [-0.05, 0) is 17.7 Å². The van der Waals surface area contributed by atoms with Crippen LogP contribution in [0.5, 0.6) is 0 Å². The molecule has 1 aromatic carbocycles. The molecule has 0 aliphatic heterocycles. The highest BCUT2D eigenvalue weighted by Crippen LogP contribution is 2.17. The van der Waals surface area contributed by atoms with E-state index >= 15 is 0 Å². The molecule has 1 aromatic heterocycles. The van der Waals surface area contributed by atoms with Gasteiger partial charge in [0.1, 0.15) is 11.6 Å². The highest BCUT2D eigenvalue weighted by Gasteiger charge is 2.23. The van der Waals surface area contributed by atoms with E-state index in [9.17, 15) is 9.18 Å². The number of H-pyrrole nitrogens is 1. The highest BCUT2D eigenvalue weighted by atomic mass is 19.1. The van der Waals surface area contributed by atoms with E-state index in [2.05, 4.69) is 15.2 Å². The van der Waals surface area contributed by atoms with E-state index < -0.39 is 0 Å². The zero-order valence-corrected chi connectivity index (χ0v) is 12.6. The first-order valence-corrected chi connectivity index (χ1v) is 6.70. The lowest BCUT2D eigenvalue weighted by Crippen LogP contribution is -2.27. The molecule has 0 fully saturated rings. The average Bonchev–Trinajstić information content (AvgIpc) is 2.90. The van der Waals surface area contributed by atoms with E-state index in [0.29, 0.717) is 12.4 Å². The highest BCUT2D eigenvalue weighted by molar-refractivity contribution is 5.90. The molecular formula is C15H19FN4O. The molecule has 1 amide bonds. The number of carbonyl (C=O) groups is 1. The number of aromatic nitrogens is 3. The standard InChI is InChI=1S/C15H19FN4O/c1-15(2,3)14-17-12(18-19-14)13(21)20(4)9-10-5-7-11(16)8-6-10/h5-8H,9H2,1-4H3,(H,17,18,19). The van der Waals surface area contributed by atoms with Crippen LogP contribution in [0.1, 0.15) is 42.8 Å². The van der Waals surface area contributed by atoms with Gasteiger partial charge in [0.05, 0.1) is 0 Å². The summed E-state index contributed by atoms with van der Waals surface area (Å²) in [5.74, 6) is 0.244. The molecule has 2 aromatic rings. The zero-order valence-electron chi connectivity index (χ0n) is 12.6. The molecule has 0 atom stereocenters. The Bertz CT molecular complexity index is 628. The largest absolute Gasteiger partial charge is 0.335 e. The van der Waals surface area contributed by atoms with Gasteiger partial charge < -0.3 is 4.90 Å². The van der Waals surface area contributed by atoms with Gasteiger partial charge in [0.25, 0.3) is 5.91 Å². The Morgan fingerprint density at radius 1 is 1.29 bits per heavy atom. The van der Waals surface area contributed by atoms with Gasteiger partial charge in [-0.15, -0.1) is 5.10 Å². The van der Waals surface area contributed by atoms with E-state index in [0.717, 1.165) is 5.56 Å². The van der Waals surface area contributed by atoms with Crippen molar-refractivity contribution in [3.63, 3.8) is 0 Å². The quantitative estimate of drug-likeness (QED) is 0.944. The van der Waals surface area contributed by atoms with E-state index in [4.69, 9.17) is 0 Å². The molecule has 0 unspecified atom stereocenters. The Labute approximate surface area is 123 Å². The fraction of sp³-hybridized carbons (Fsp3) is 0.400. The van der Waals surface area contributed by atoms with Crippen molar-refractivity contribution in [1.29, 1.82) is 0 Å². The molecule has 112 valence electrons. The van der Waals surface area contributed by atoms with E-state index in [1.807, 2.05) is 20.8 Å². The summed E-state index contributed by atoms with van der Waals surface area (Å²) in [5, 5.41) is 6.77. The minimum absolute atomic E-state index is 0.143. The van der Waals surface area contributed by atoms with Crippen LogP contribution in [0, 0.1) is 5.82 Å². The second-order valence-corrected chi connectivity index (χ2v) is 6.05. The summed E-state index contributed by atoms with van der Waals surface area (Å²) in [7, 11) is 1.67. The molecule has 2 rings (SSSR count). The van der Waals surface area contributed by atoms with Crippen molar-refractivity contribution in [1.82, 2.24) is 20.1 Å². The summed E-state index contributed by atoms with van der Waals surface area (Å²) in [5.41, 5.74) is 0.653. The number of carbonyl (C=O) groups excluding carboxylic acids is 1. The van der Waals surface area contributed by atoms with Gasteiger partial charge in [0.15, 0.2) is 0 Å². The molecular weight excluding hydrogens is 271 g/mol. The second-order valence-electron chi connectivity index (χ2n) is 6.05. The molecule has 1 heterocycles. The lowest BCUT2D eigenvalue weighted by atomic mass is 9.96. The third kappa shape index (κ3) is 3.65.